The van der Waals surface area contributed by atoms with Crippen molar-refractivity contribution in [3.63, 3.8) is 0 Å². The summed E-state index contributed by atoms with van der Waals surface area (Å²) in [4.78, 5) is 32.5. The van der Waals surface area contributed by atoms with Gasteiger partial charge in [-0.1, -0.05) is 17.7 Å². The number of guanidine groups is 1. The number of aromatic nitrogens is 2. The van der Waals surface area contributed by atoms with Crippen LogP contribution in [0.4, 0.5) is 11.6 Å². The number of aromatic amines is 1. The number of halogens is 1. The lowest BCUT2D eigenvalue weighted by Crippen LogP contribution is -2.73. The highest BCUT2D eigenvalue weighted by Gasteiger charge is 2.11. The first-order valence-electron chi connectivity index (χ1n) is 7.14. The lowest BCUT2D eigenvalue weighted by molar-refractivity contribution is -0.365. The second kappa shape index (κ2) is 8.11. The van der Waals surface area contributed by atoms with Crippen molar-refractivity contribution in [1.82, 2.24) is 9.97 Å². The average molecular weight is 351 g/mol. The molecule has 0 atom stereocenters. The SMILES string of the molecule is CCOC(=O)Cc1cc(=O)[nH]c([NH+]=C(N)Nc2cccc(Cl)c2)n1. The Morgan fingerprint density at radius 3 is 2.96 bits per heavy atom. The predicted octanol–water partition coefficient (Wildman–Crippen LogP) is -0.332. The molecule has 0 unspecified atom stereocenters. The Morgan fingerprint density at radius 2 is 2.25 bits per heavy atom. The molecule has 0 saturated heterocycles. The van der Waals surface area contributed by atoms with E-state index in [1.807, 2.05) is 0 Å². The van der Waals surface area contributed by atoms with Gasteiger partial charge in [0.15, 0.2) is 0 Å². The molecule has 2 rings (SSSR count). The molecular weight excluding hydrogens is 334 g/mol. The summed E-state index contributed by atoms with van der Waals surface area (Å²) < 4.78 is 4.83. The summed E-state index contributed by atoms with van der Waals surface area (Å²) in [6, 6.07) is 8.17. The van der Waals surface area contributed by atoms with Gasteiger partial charge in [0.05, 0.1) is 18.7 Å². The minimum Gasteiger partial charge on any atom is -0.466 e. The molecule has 0 saturated carbocycles. The normalized spacial score (nSPS) is 11.2. The highest BCUT2D eigenvalue weighted by molar-refractivity contribution is 6.30. The Bertz CT molecular complexity index is 819. The van der Waals surface area contributed by atoms with Crippen LogP contribution in [0.15, 0.2) is 35.1 Å². The van der Waals surface area contributed by atoms with Gasteiger partial charge >= 0.3 is 11.9 Å². The fraction of sp³-hybridized carbons (Fsp3) is 0.200. The van der Waals surface area contributed by atoms with Gasteiger partial charge in [0.1, 0.15) is 5.69 Å². The highest BCUT2D eigenvalue weighted by Crippen LogP contribution is 2.13. The van der Waals surface area contributed by atoms with Crippen LogP contribution < -0.4 is 21.6 Å². The molecule has 126 valence electrons. The number of nitrogens with one attached hydrogen (secondary N) is 3. The molecule has 1 aromatic heterocycles. The summed E-state index contributed by atoms with van der Waals surface area (Å²) in [5, 5.41) is 3.43. The van der Waals surface area contributed by atoms with Crippen molar-refractivity contribution in [2.24, 2.45) is 5.73 Å². The summed E-state index contributed by atoms with van der Waals surface area (Å²) in [5.41, 5.74) is 6.36. The molecular formula is C15H17ClN5O3+. The summed E-state index contributed by atoms with van der Waals surface area (Å²) >= 11 is 5.89. The van der Waals surface area contributed by atoms with Gasteiger partial charge in [-0.05, 0) is 25.1 Å². The standard InChI is InChI=1S/C15H16ClN5O3/c1-2-24-13(23)8-11-7-12(22)20-15(19-11)21-14(17)18-10-5-3-4-9(16)6-10/h3-7H,2,8H2,1H3,(H4,17,18,19,20,21,22)/p+1. The van der Waals surface area contributed by atoms with Crippen molar-refractivity contribution in [3.8, 4) is 0 Å². The molecule has 0 bridgehead atoms. The van der Waals surface area contributed by atoms with Crippen LogP contribution in [-0.4, -0.2) is 28.5 Å². The van der Waals surface area contributed by atoms with Crippen LogP contribution in [0.25, 0.3) is 0 Å². The zero-order chi connectivity index (χ0) is 17.5. The van der Waals surface area contributed by atoms with Crippen LogP contribution in [0, 0.1) is 0 Å². The van der Waals surface area contributed by atoms with Crippen molar-refractivity contribution in [2.75, 3.05) is 11.9 Å². The first-order valence-corrected chi connectivity index (χ1v) is 7.52. The van der Waals surface area contributed by atoms with Gasteiger partial charge in [-0.25, -0.2) is 9.98 Å². The summed E-state index contributed by atoms with van der Waals surface area (Å²) in [5.74, 6) is -0.224. The van der Waals surface area contributed by atoms with E-state index >= 15 is 0 Å². The molecule has 0 spiro atoms. The number of nitrogens with two attached hydrogens (primary N) is 1. The zero-order valence-corrected chi connectivity index (χ0v) is 13.7. The summed E-state index contributed by atoms with van der Waals surface area (Å²) in [6.45, 7) is 1.96. The third kappa shape index (κ3) is 5.40. The van der Waals surface area contributed by atoms with Gasteiger partial charge in [-0.3, -0.25) is 14.9 Å². The number of hydrogen-bond donors (Lipinski definition) is 4. The lowest BCUT2D eigenvalue weighted by Gasteiger charge is -2.02. The predicted molar refractivity (Wildman–Crippen MR) is 90.1 cm³/mol. The second-order valence-electron chi connectivity index (χ2n) is 4.74. The van der Waals surface area contributed by atoms with E-state index in [9.17, 15) is 9.59 Å². The molecule has 1 aromatic carbocycles. The molecule has 5 N–H and O–H groups in total. The molecule has 0 aliphatic carbocycles. The number of ether oxygens (including phenoxy) is 1. The second-order valence-corrected chi connectivity index (χ2v) is 5.18. The van der Waals surface area contributed by atoms with Crippen LogP contribution >= 0.6 is 11.6 Å². The molecule has 0 aliphatic rings. The van der Waals surface area contributed by atoms with E-state index in [-0.39, 0.29) is 30.6 Å². The van der Waals surface area contributed by atoms with E-state index in [4.69, 9.17) is 22.1 Å². The number of benzene rings is 1. The van der Waals surface area contributed by atoms with Gasteiger partial charge < -0.3 is 10.5 Å². The number of hydrogen-bond acceptors (Lipinski definition) is 4. The molecule has 9 heteroatoms. The topological polar surface area (TPSA) is 124 Å². The van der Waals surface area contributed by atoms with Crippen LogP contribution in [0.1, 0.15) is 12.6 Å². The third-order valence-corrected chi connectivity index (χ3v) is 3.02. The number of esters is 1. The Labute approximate surface area is 142 Å². The van der Waals surface area contributed by atoms with E-state index < -0.39 is 11.5 Å². The minimum absolute atomic E-state index is 0.103. The zero-order valence-electron chi connectivity index (χ0n) is 12.9. The molecule has 0 radical (unpaired) electrons. The molecule has 0 fully saturated rings. The van der Waals surface area contributed by atoms with Gasteiger partial charge in [-0.15, -0.1) is 4.98 Å². The van der Waals surface area contributed by atoms with E-state index in [1.165, 1.54) is 6.07 Å². The summed E-state index contributed by atoms with van der Waals surface area (Å²) in [7, 11) is 0. The Balaban J connectivity index is 2.17. The molecule has 24 heavy (non-hydrogen) atoms. The number of anilines is 1. The average Bonchev–Trinajstić information content (AvgIpc) is 2.46. The fourth-order valence-corrected chi connectivity index (χ4v) is 2.09. The number of carbonyl (C=O) groups is 1. The number of rotatable bonds is 5. The monoisotopic (exact) mass is 350 g/mol. The Hall–Kier alpha value is -2.87. The van der Waals surface area contributed by atoms with Gasteiger partial charge in [0, 0.05) is 11.1 Å². The molecule has 8 nitrogen and oxygen atoms in total. The molecule has 0 aliphatic heterocycles. The Kier molecular flexibility index (Phi) is 5.91. The highest BCUT2D eigenvalue weighted by atomic mass is 35.5. The lowest BCUT2D eigenvalue weighted by atomic mass is 10.3. The number of H-pyrrole nitrogens is 1. The maximum Gasteiger partial charge on any atom is 0.325 e. The summed E-state index contributed by atoms with van der Waals surface area (Å²) in [6.07, 6.45) is -0.103. The fourth-order valence-electron chi connectivity index (χ4n) is 1.90. The molecule has 0 amide bonds. The van der Waals surface area contributed by atoms with Crippen LogP contribution in [-0.2, 0) is 16.0 Å². The van der Waals surface area contributed by atoms with E-state index in [0.29, 0.717) is 10.7 Å². The maximum absolute atomic E-state index is 11.7. The molecule has 1 heterocycles. The van der Waals surface area contributed by atoms with Crippen LogP contribution in [0.3, 0.4) is 0 Å². The van der Waals surface area contributed by atoms with Gasteiger partial charge in [0.25, 0.3) is 11.5 Å². The number of nitrogens with zero attached hydrogens (tertiary/aromatic N) is 1. The van der Waals surface area contributed by atoms with Gasteiger partial charge in [-0.2, -0.15) is 0 Å². The maximum atomic E-state index is 11.7. The first kappa shape index (κ1) is 17.5. The van der Waals surface area contributed by atoms with Crippen molar-refractivity contribution in [2.45, 2.75) is 13.3 Å². The van der Waals surface area contributed by atoms with Crippen molar-refractivity contribution in [1.29, 1.82) is 0 Å². The third-order valence-electron chi connectivity index (χ3n) is 2.78. The molecule has 2 aromatic rings. The van der Waals surface area contributed by atoms with Crippen LogP contribution in [0.5, 0.6) is 0 Å². The van der Waals surface area contributed by atoms with Gasteiger partial charge in [0.2, 0.25) is 0 Å². The number of carbonyl (C=O) groups excluding carboxylic acids is 1. The van der Waals surface area contributed by atoms with E-state index in [2.05, 4.69) is 20.3 Å². The minimum atomic E-state index is -0.462. The van der Waals surface area contributed by atoms with E-state index in [1.54, 1.807) is 31.2 Å². The van der Waals surface area contributed by atoms with Crippen molar-refractivity contribution in [3.05, 3.63) is 51.4 Å². The quantitative estimate of drug-likeness (QED) is 0.332. The Morgan fingerprint density at radius 1 is 1.46 bits per heavy atom. The largest absolute Gasteiger partial charge is 0.466 e. The van der Waals surface area contributed by atoms with Crippen molar-refractivity contribution >= 4 is 35.2 Å². The smallest absolute Gasteiger partial charge is 0.325 e. The van der Waals surface area contributed by atoms with Crippen LogP contribution in [0.2, 0.25) is 5.02 Å². The first-order chi connectivity index (χ1) is 11.5. The van der Waals surface area contributed by atoms with E-state index in [0.717, 1.165) is 0 Å². The van der Waals surface area contributed by atoms with Crippen molar-refractivity contribution < 1.29 is 14.5 Å².